The van der Waals surface area contributed by atoms with E-state index < -0.39 is 0 Å². The third-order valence-electron chi connectivity index (χ3n) is 3.84. The van der Waals surface area contributed by atoms with Gasteiger partial charge >= 0.3 is 0 Å². The minimum atomic E-state index is 0.118. The second-order valence-corrected chi connectivity index (χ2v) is 4.77. The van der Waals surface area contributed by atoms with Crippen molar-refractivity contribution in [3.05, 3.63) is 12.7 Å². The average molecular weight is 193 g/mol. The molecule has 1 aliphatic carbocycles. The van der Waals surface area contributed by atoms with E-state index in [4.69, 9.17) is 0 Å². The molecule has 14 heavy (non-hydrogen) atoms. The van der Waals surface area contributed by atoms with Gasteiger partial charge in [0.2, 0.25) is 5.91 Å². The lowest BCUT2D eigenvalue weighted by atomic mass is 9.73. The molecule has 0 radical (unpaired) electrons. The van der Waals surface area contributed by atoms with Crippen molar-refractivity contribution in [3.8, 4) is 0 Å². The van der Waals surface area contributed by atoms with Crippen molar-refractivity contribution >= 4 is 5.91 Å². The molecular weight excluding hydrogens is 174 g/mol. The Kier molecular flexibility index (Phi) is 2.62. The molecule has 1 amide bonds. The van der Waals surface area contributed by atoms with Gasteiger partial charge < -0.3 is 4.90 Å². The molecule has 2 fully saturated rings. The van der Waals surface area contributed by atoms with Gasteiger partial charge in [0.15, 0.2) is 0 Å². The molecule has 0 unspecified atom stereocenters. The molecule has 2 aliphatic rings. The Morgan fingerprint density at radius 2 is 1.93 bits per heavy atom. The fourth-order valence-electron chi connectivity index (χ4n) is 2.96. The summed E-state index contributed by atoms with van der Waals surface area (Å²) in [5.41, 5.74) is 0.483. The second kappa shape index (κ2) is 3.76. The lowest BCUT2D eigenvalue weighted by molar-refractivity contribution is -0.125. The molecule has 2 heteroatoms. The number of carbonyl (C=O) groups is 1. The van der Waals surface area contributed by atoms with E-state index in [-0.39, 0.29) is 5.91 Å². The largest absolute Gasteiger partial charge is 0.339 e. The molecule has 1 spiro atoms. The van der Waals surface area contributed by atoms with Crippen molar-refractivity contribution in [2.24, 2.45) is 5.41 Å². The fraction of sp³-hybridized carbons (Fsp3) is 0.750. The first kappa shape index (κ1) is 9.75. The van der Waals surface area contributed by atoms with E-state index in [1.54, 1.807) is 0 Å². The maximum Gasteiger partial charge on any atom is 0.245 e. The van der Waals surface area contributed by atoms with Crippen molar-refractivity contribution in [2.75, 3.05) is 13.1 Å². The summed E-state index contributed by atoms with van der Waals surface area (Å²) in [6, 6.07) is 0. The third-order valence-corrected chi connectivity index (χ3v) is 3.84. The maximum absolute atomic E-state index is 11.4. The van der Waals surface area contributed by atoms with Crippen LogP contribution in [0.4, 0.5) is 0 Å². The smallest absolute Gasteiger partial charge is 0.245 e. The first-order chi connectivity index (χ1) is 6.76. The van der Waals surface area contributed by atoms with Crippen LogP contribution in [0.5, 0.6) is 0 Å². The molecule has 1 heterocycles. The summed E-state index contributed by atoms with van der Waals surface area (Å²) in [6.07, 6.45) is 9.42. The highest BCUT2D eigenvalue weighted by molar-refractivity contribution is 5.87. The van der Waals surface area contributed by atoms with Crippen LogP contribution >= 0.6 is 0 Å². The van der Waals surface area contributed by atoms with E-state index in [2.05, 4.69) is 6.58 Å². The van der Waals surface area contributed by atoms with Gasteiger partial charge in [-0.2, -0.15) is 0 Å². The van der Waals surface area contributed by atoms with Crippen molar-refractivity contribution in [1.29, 1.82) is 0 Å². The van der Waals surface area contributed by atoms with Crippen molar-refractivity contribution in [2.45, 2.75) is 38.5 Å². The highest BCUT2D eigenvalue weighted by atomic mass is 16.2. The topological polar surface area (TPSA) is 20.3 Å². The summed E-state index contributed by atoms with van der Waals surface area (Å²) in [4.78, 5) is 13.4. The van der Waals surface area contributed by atoms with Gasteiger partial charge in [-0.1, -0.05) is 25.8 Å². The molecule has 0 aromatic heterocycles. The van der Waals surface area contributed by atoms with Crippen molar-refractivity contribution in [3.63, 3.8) is 0 Å². The van der Waals surface area contributed by atoms with Crippen molar-refractivity contribution in [1.82, 2.24) is 4.90 Å². The first-order valence-corrected chi connectivity index (χ1v) is 5.67. The number of hydrogen-bond acceptors (Lipinski definition) is 1. The molecule has 0 N–H and O–H groups in total. The molecule has 78 valence electrons. The van der Waals surface area contributed by atoms with Gasteiger partial charge in [-0.3, -0.25) is 4.79 Å². The van der Waals surface area contributed by atoms with Crippen LogP contribution < -0.4 is 0 Å². The quantitative estimate of drug-likeness (QED) is 0.585. The van der Waals surface area contributed by atoms with Crippen LogP contribution in [0.3, 0.4) is 0 Å². The van der Waals surface area contributed by atoms with Crippen LogP contribution in [-0.2, 0) is 4.79 Å². The van der Waals surface area contributed by atoms with E-state index in [1.165, 1.54) is 44.6 Å². The molecule has 2 nitrogen and oxygen atoms in total. The van der Waals surface area contributed by atoms with Gasteiger partial charge in [-0.05, 0) is 30.8 Å². The van der Waals surface area contributed by atoms with Gasteiger partial charge in [-0.15, -0.1) is 0 Å². The monoisotopic (exact) mass is 193 g/mol. The Bertz CT molecular complexity index is 241. The Morgan fingerprint density at radius 3 is 2.57 bits per heavy atom. The SMILES string of the molecule is C=CC(=O)N1CCC2(CCCCC2)C1. The van der Waals surface area contributed by atoms with Gasteiger partial charge in [0.1, 0.15) is 0 Å². The van der Waals surface area contributed by atoms with Crippen LogP contribution in [-0.4, -0.2) is 23.9 Å². The standard InChI is InChI=1S/C12H19NO/c1-2-11(14)13-9-8-12(10-13)6-4-3-5-7-12/h2H,1,3-10H2. The van der Waals surface area contributed by atoms with E-state index in [1.807, 2.05) is 4.90 Å². The summed E-state index contributed by atoms with van der Waals surface area (Å²) < 4.78 is 0. The predicted octanol–water partition coefficient (Wildman–Crippen LogP) is 2.36. The molecule has 0 bridgehead atoms. The summed E-state index contributed by atoms with van der Waals surface area (Å²) in [5, 5.41) is 0. The van der Waals surface area contributed by atoms with Crippen LogP contribution in [0.25, 0.3) is 0 Å². The number of likely N-dealkylation sites (tertiary alicyclic amines) is 1. The van der Waals surface area contributed by atoms with Crippen molar-refractivity contribution < 1.29 is 4.79 Å². The number of rotatable bonds is 1. The van der Waals surface area contributed by atoms with Crippen LogP contribution in [0.1, 0.15) is 38.5 Å². The Labute approximate surface area is 86.0 Å². The lowest BCUT2D eigenvalue weighted by Crippen LogP contribution is -2.32. The Hall–Kier alpha value is -0.790. The number of amides is 1. The van der Waals surface area contributed by atoms with Crippen LogP contribution in [0, 0.1) is 5.41 Å². The van der Waals surface area contributed by atoms with Gasteiger partial charge in [0, 0.05) is 13.1 Å². The minimum Gasteiger partial charge on any atom is -0.339 e. The van der Waals surface area contributed by atoms with E-state index in [0.717, 1.165) is 13.1 Å². The highest BCUT2D eigenvalue weighted by Crippen LogP contribution is 2.43. The Balaban J connectivity index is 1.98. The summed E-state index contributed by atoms with van der Waals surface area (Å²) in [7, 11) is 0. The predicted molar refractivity (Wildman–Crippen MR) is 56.9 cm³/mol. The lowest BCUT2D eigenvalue weighted by Gasteiger charge is -2.33. The third kappa shape index (κ3) is 1.70. The van der Waals surface area contributed by atoms with Crippen LogP contribution in [0.15, 0.2) is 12.7 Å². The molecule has 0 aromatic carbocycles. The highest BCUT2D eigenvalue weighted by Gasteiger charge is 2.39. The minimum absolute atomic E-state index is 0.118. The molecule has 2 rings (SSSR count). The number of hydrogen-bond donors (Lipinski definition) is 0. The fourth-order valence-corrected chi connectivity index (χ4v) is 2.96. The summed E-state index contributed by atoms with van der Waals surface area (Å²) >= 11 is 0. The van der Waals surface area contributed by atoms with Gasteiger partial charge in [0.05, 0.1) is 0 Å². The molecule has 1 aliphatic heterocycles. The van der Waals surface area contributed by atoms with E-state index in [9.17, 15) is 4.79 Å². The zero-order valence-electron chi connectivity index (χ0n) is 8.80. The maximum atomic E-state index is 11.4. The van der Waals surface area contributed by atoms with E-state index in [0.29, 0.717) is 5.41 Å². The number of nitrogens with zero attached hydrogens (tertiary/aromatic N) is 1. The number of carbonyl (C=O) groups excluding carboxylic acids is 1. The zero-order valence-corrected chi connectivity index (χ0v) is 8.80. The van der Waals surface area contributed by atoms with Crippen LogP contribution in [0.2, 0.25) is 0 Å². The van der Waals surface area contributed by atoms with Gasteiger partial charge in [0.25, 0.3) is 0 Å². The second-order valence-electron chi connectivity index (χ2n) is 4.77. The molecule has 0 aromatic rings. The summed E-state index contributed by atoms with van der Waals surface area (Å²) in [5.74, 6) is 0.118. The van der Waals surface area contributed by atoms with Gasteiger partial charge in [-0.25, -0.2) is 0 Å². The summed E-state index contributed by atoms with van der Waals surface area (Å²) in [6.45, 7) is 5.48. The normalized spacial score (nSPS) is 25.3. The average Bonchev–Trinajstić information content (AvgIpc) is 2.62. The first-order valence-electron chi connectivity index (χ1n) is 5.67. The Morgan fingerprint density at radius 1 is 1.21 bits per heavy atom. The molecule has 0 atom stereocenters. The zero-order chi connectivity index (χ0) is 10.0. The molecule has 1 saturated carbocycles. The van der Waals surface area contributed by atoms with E-state index >= 15 is 0 Å². The molecular formula is C12H19NO. The molecule has 1 saturated heterocycles.